The molecule has 0 saturated carbocycles. The van der Waals surface area contributed by atoms with E-state index in [0.29, 0.717) is 11.6 Å². The van der Waals surface area contributed by atoms with Crippen LogP contribution >= 0.6 is 0 Å². The van der Waals surface area contributed by atoms with Crippen LogP contribution in [0.25, 0.3) is 23.0 Å². The monoisotopic (exact) mass is 243 g/mol. The summed E-state index contributed by atoms with van der Waals surface area (Å²) in [6.45, 7) is 1.81. The summed E-state index contributed by atoms with van der Waals surface area (Å²) in [5.74, 6) is 1.33. The van der Waals surface area contributed by atoms with Gasteiger partial charge in [0.2, 0.25) is 11.6 Å². The Labute approximate surface area is 102 Å². The van der Waals surface area contributed by atoms with Crippen molar-refractivity contribution in [2.24, 2.45) is 0 Å². The number of hydrogen-bond donors (Lipinski definition) is 1. The van der Waals surface area contributed by atoms with Gasteiger partial charge in [0.15, 0.2) is 0 Å². The molecule has 3 rings (SSSR count). The van der Waals surface area contributed by atoms with Gasteiger partial charge in [-0.15, -0.1) is 0 Å². The zero-order valence-corrected chi connectivity index (χ0v) is 9.49. The second kappa shape index (κ2) is 3.99. The molecule has 0 radical (unpaired) electrons. The van der Waals surface area contributed by atoms with Crippen LogP contribution in [0.1, 0.15) is 5.69 Å². The topological polar surface area (TPSA) is 85.2 Å². The number of nitrogens with zero attached hydrogens (tertiary/aromatic N) is 3. The standard InChI is InChI=1S/C12H9N3O3/c1-7-6-10(17-14-7)12-13-11(15-18-12)8-2-4-9(16)5-3-8/h2-6,16H,1H3. The van der Waals surface area contributed by atoms with Gasteiger partial charge in [-0.3, -0.25) is 0 Å². The van der Waals surface area contributed by atoms with Crippen molar-refractivity contribution in [1.82, 2.24) is 15.3 Å². The van der Waals surface area contributed by atoms with Crippen LogP contribution in [-0.4, -0.2) is 20.4 Å². The van der Waals surface area contributed by atoms with E-state index < -0.39 is 0 Å². The molecule has 1 N–H and O–H groups in total. The quantitative estimate of drug-likeness (QED) is 0.743. The maximum Gasteiger partial charge on any atom is 0.296 e. The summed E-state index contributed by atoms with van der Waals surface area (Å²) in [4.78, 5) is 4.20. The first-order valence-electron chi connectivity index (χ1n) is 5.29. The van der Waals surface area contributed by atoms with Crippen molar-refractivity contribution in [3.63, 3.8) is 0 Å². The Morgan fingerprint density at radius 1 is 1.06 bits per heavy atom. The van der Waals surface area contributed by atoms with Crippen molar-refractivity contribution in [2.75, 3.05) is 0 Å². The van der Waals surface area contributed by atoms with Gasteiger partial charge < -0.3 is 14.2 Å². The van der Waals surface area contributed by atoms with Crippen LogP contribution in [0.2, 0.25) is 0 Å². The molecule has 6 nitrogen and oxygen atoms in total. The first kappa shape index (κ1) is 10.5. The highest BCUT2D eigenvalue weighted by Crippen LogP contribution is 2.23. The first-order chi connectivity index (χ1) is 8.72. The minimum atomic E-state index is 0.188. The second-order valence-electron chi connectivity index (χ2n) is 3.80. The van der Waals surface area contributed by atoms with Crippen molar-refractivity contribution in [3.05, 3.63) is 36.0 Å². The lowest BCUT2D eigenvalue weighted by Gasteiger charge is -1.93. The molecule has 0 unspecified atom stereocenters. The van der Waals surface area contributed by atoms with E-state index in [-0.39, 0.29) is 11.6 Å². The average molecular weight is 243 g/mol. The second-order valence-corrected chi connectivity index (χ2v) is 3.80. The summed E-state index contributed by atoms with van der Waals surface area (Å²) in [6, 6.07) is 8.24. The number of phenols is 1. The lowest BCUT2D eigenvalue weighted by atomic mass is 10.2. The molecule has 0 bridgehead atoms. The Balaban J connectivity index is 1.96. The van der Waals surface area contributed by atoms with E-state index in [1.807, 2.05) is 6.92 Å². The highest BCUT2D eigenvalue weighted by molar-refractivity contribution is 5.58. The molecule has 0 aliphatic carbocycles. The fourth-order valence-electron chi connectivity index (χ4n) is 1.52. The zero-order valence-electron chi connectivity index (χ0n) is 9.49. The SMILES string of the molecule is Cc1cc(-c2nc(-c3ccc(O)cc3)no2)on1. The lowest BCUT2D eigenvalue weighted by molar-refractivity contribution is 0.383. The Hall–Kier alpha value is -2.63. The minimum Gasteiger partial charge on any atom is -0.508 e. The van der Waals surface area contributed by atoms with Crippen LogP contribution in [0, 0.1) is 6.92 Å². The van der Waals surface area contributed by atoms with Gasteiger partial charge in [-0.05, 0) is 31.2 Å². The molecule has 6 heteroatoms. The number of rotatable bonds is 2. The molecule has 90 valence electrons. The Kier molecular flexibility index (Phi) is 2.33. The molecular weight excluding hydrogens is 234 g/mol. The third kappa shape index (κ3) is 1.84. The van der Waals surface area contributed by atoms with Gasteiger partial charge >= 0.3 is 0 Å². The predicted molar refractivity (Wildman–Crippen MR) is 61.6 cm³/mol. The lowest BCUT2D eigenvalue weighted by Crippen LogP contribution is -1.79. The molecule has 0 amide bonds. The van der Waals surface area contributed by atoms with Crippen LogP contribution in [0.5, 0.6) is 5.75 Å². The zero-order chi connectivity index (χ0) is 12.5. The van der Waals surface area contributed by atoms with E-state index in [2.05, 4.69) is 15.3 Å². The van der Waals surface area contributed by atoms with Crippen molar-refractivity contribution in [2.45, 2.75) is 6.92 Å². The molecule has 2 aromatic heterocycles. The molecule has 0 aliphatic heterocycles. The summed E-state index contributed by atoms with van der Waals surface area (Å²) in [5, 5.41) is 16.8. The van der Waals surface area contributed by atoms with Crippen molar-refractivity contribution in [3.8, 4) is 28.8 Å². The Bertz CT molecular complexity index is 670. The summed E-state index contributed by atoms with van der Waals surface area (Å²) < 4.78 is 10.1. The van der Waals surface area contributed by atoms with Gasteiger partial charge in [0.05, 0.1) is 5.69 Å². The summed E-state index contributed by atoms with van der Waals surface area (Å²) in [6.07, 6.45) is 0. The molecular formula is C12H9N3O3. The molecule has 0 saturated heterocycles. The van der Waals surface area contributed by atoms with Gasteiger partial charge in [0.1, 0.15) is 5.75 Å². The molecule has 2 heterocycles. The summed E-state index contributed by atoms with van der Waals surface area (Å²) in [7, 11) is 0. The fraction of sp³-hybridized carbons (Fsp3) is 0.0833. The van der Waals surface area contributed by atoms with Crippen LogP contribution in [0.3, 0.4) is 0 Å². The number of phenolic OH excluding ortho intramolecular Hbond substituents is 1. The molecule has 0 fully saturated rings. The number of hydrogen-bond acceptors (Lipinski definition) is 6. The van der Waals surface area contributed by atoms with Crippen molar-refractivity contribution >= 4 is 0 Å². The Morgan fingerprint density at radius 3 is 2.50 bits per heavy atom. The summed E-state index contributed by atoms with van der Waals surface area (Å²) in [5.41, 5.74) is 1.49. The van der Waals surface area contributed by atoms with E-state index in [9.17, 15) is 5.11 Å². The molecule has 3 aromatic rings. The normalized spacial score (nSPS) is 10.7. The van der Waals surface area contributed by atoms with Crippen molar-refractivity contribution in [1.29, 1.82) is 0 Å². The van der Waals surface area contributed by atoms with Gasteiger partial charge in [0.25, 0.3) is 5.89 Å². The van der Waals surface area contributed by atoms with E-state index in [4.69, 9.17) is 9.05 Å². The van der Waals surface area contributed by atoms with E-state index >= 15 is 0 Å². The van der Waals surface area contributed by atoms with E-state index in [1.54, 1.807) is 30.3 Å². The molecule has 0 aliphatic rings. The maximum absolute atomic E-state index is 9.20. The van der Waals surface area contributed by atoms with E-state index in [1.165, 1.54) is 0 Å². The van der Waals surface area contributed by atoms with Gasteiger partial charge in [-0.25, -0.2) is 0 Å². The highest BCUT2D eigenvalue weighted by atomic mass is 16.5. The predicted octanol–water partition coefficient (Wildman–Crippen LogP) is 2.41. The molecule has 18 heavy (non-hydrogen) atoms. The molecule has 1 aromatic carbocycles. The minimum absolute atomic E-state index is 0.188. The van der Waals surface area contributed by atoms with Gasteiger partial charge in [-0.1, -0.05) is 10.3 Å². The first-order valence-corrected chi connectivity index (χ1v) is 5.29. The number of benzene rings is 1. The molecule has 0 atom stereocenters. The molecule has 0 spiro atoms. The number of aromatic hydroxyl groups is 1. The maximum atomic E-state index is 9.20. The average Bonchev–Trinajstić information content (AvgIpc) is 2.98. The summed E-state index contributed by atoms with van der Waals surface area (Å²) >= 11 is 0. The van der Waals surface area contributed by atoms with Crippen molar-refractivity contribution < 1.29 is 14.2 Å². The van der Waals surface area contributed by atoms with Gasteiger partial charge in [-0.2, -0.15) is 4.98 Å². The Morgan fingerprint density at radius 2 is 1.83 bits per heavy atom. The number of aryl methyl sites for hydroxylation is 1. The van der Waals surface area contributed by atoms with Crippen LogP contribution < -0.4 is 0 Å². The largest absolute Gasteiger partial charge is 0.508 e. The smallest absolute Gasteiger partial charge is 0.296 e. The third-order valence-corrected chi connectivity index (χ3v) is 2.39. The van der Waals surface area contributed by atoms with Crippen LogP contribution in [0.15, 0.2) is 39.4 Å². The van der Waals surface area contributed by atoms with Gasteiger partial charge in [0, 0.05) is 11.6 Å². The third-order valence-electron chi connectivity index (χ3n) is 2.39. The number of aromatic nitrogens is 3. The van der Waals surface area contributed by atoms with Crippen LogP contribution in [-0.2, 0) is 0 Å². The highest BCUT2D eigenvalue weighted by Gasteiger charge is 2.14. The van der Waals surface area contributed by atoms with Crippen LogP contribution in [0.4, 0.5) is 0 Å². The van der Waals surface area contributed by atoms with E-state index in [0.717, 1.165) is 11.3 Å². The fourth-order valence-corrected chi connectivity index (χ4v) is 1.52.